The van der Waals surface area contributed by atoms with Gasteiger partial charge in [0.25, 0.3) is 6.01 Å². The van der Waals surface area contributed by atoms with Crippen molar-refractivity contribution in [1.82, 2.24) is 10.3 Å². The van der Waals surface area contributed by atoms with E-state index in [0.717, 1.165) is 22.4 Å². The van der Waals surface area contributed by atoms with Crippen LogP contribution < -0.4 is 15.0 Å². The van der Waals surface area contributed by atoms with Crippen LogP contribution in [0.1, 0.15) is 10.9 Å². The molecule has 3 aromatic rings. The fourth-order valence-electron chi connectivity index (χ4n) is 2.96. The van der Waals surface area contributed by atoms with Crippen molar-refractivity contribution in [2.75, 3.05) is 30.9 Å². The smallest absolute Gasteiger partial charge is 0.321 e. The number of benzene rings is 2. The summed E-state index contributed by atoms with van der Waals surface area (Å²) in [4.78, 5) is 17.4. The lowest BCUT2D eigenvalue weighted by Crippen LogP contribution is -2.33. The quantitative estimate of drug-likeness (QED) is 0.627. The van der Waals surface area contributed by atoms with E-state index in [9.17, 15) is 4.79 Å². The molecule has 2 N–H and O–H groups in total. The van der Waals surface area contributed by atoms with Crippen LogP contribution in [0, 0.1) is 0 Å². The number of fused-ring (bicyclic) bond motifs is 1. The highest BCUT2D eigenvalue weighted by Gasteiger charge is 2.30. The number of hydrogen-bond donors (Lipinski definition) is 2. The molecule has 0 bridgehead atoms. The second kappa shape index (κ2) is 8.12. The number of oxazole rings is 1. The number of ether oxygens (including phenoxy) is 1. The number of likely N-dealkylation sites (N-methyl/N-ethyl adjacent to an activating group) is 1. The summed E-state index contributed by atoms with van der Waals surface area (Å²) < 4.78 is 11.6. The third-order valence-corrected chi connectivity index (χ3v) is 5.83. The van der Waals surface area contributed by atoms with Crippen LogP contribution in [0.3, 0.4) is 0 Å². The molecule has 1 unspecified atom stereocenters. The Labute approximate surface area is 166 Å². The van der Waals surface area contributed by atoms with E-state index in [1.54, 1.807) is 11.8 Å². The van der Waals surface area contributed by atoms with Crippen molar-refractivity contribution in [3.63, 3.8) is 0 Å². The van der Waals surface area contributed by atoms with Gasteiger partial charge in [-0.15, -0.1) is 11.8 Å². The lowest BCUT2D eigenvalue weighted by Gasteiger charge is -2.15. The fourth-order valence-corrected chi connectivity index (χ4v) is 4.20. The van der Waals surface area contributed by atoms with E-state index in [0.29, 0.717) is 24.9 Å². The van der Waals surface area contributed by atoms with Gasteiger partial charge in [0.1, 0.15) is 23.9 Å². The normalized spacial score (nSPS) is 19.0. The monoisotopic (exact) mass is 399 g/mol. The van der Waals surface area contributed by atoms with E-state index in [4.69, 9.17) is 14.3 Å². The minimum Gasteiger partial charge on any atom is -0.492 e. The van der Waals surface area contributed by atoms with Gasteiger partial charge in [-0.2, -0.15) is 4.98 Å². The zero-order valence-electron chi connectivity index (χ0n) is 15.4. The molecule has 28 heavy (non-hydrogen) atoms. The van der Waals surface area contributed by atoms with Crippen molar-refractivity contribution >= 4 is 34.8 Å². The summed E-state index contributed by atoms with van der Waals surface area (Å²) in [5.41, 5.74) is 2.65. The molecule has 1 aliphatic heterocycles. The lowest BCUT2D eigenvalue weighted by atomic mass is 10.2. The summed E-state index contributed by atoms with van der Waals surface area (Å²) in [7, 11) is 1.92. The van der Waals surface area contributed by atoms with Crippen LogP contribution in [-0.2, 0) is 4.79 Å². The fraction of sp³-hybridized carbons (Fsp3) is 0.300. The van der Waals surface area contributed by atoms with Crippen molar-refractivity contribution in [2.24, 2.45) is 0 Å². The van der Waals surface area contributed by atoms with Crippen LogP contribution >= 0.6 is 11.8 Å². The predicted octanol–water partition coefficient (Wildman–Crippen LogP) is 3.13. The van der Waals surface area contributed by atoms with Gasteiger partial charge in [0, 0.05) is 12.8 Å². The maximum absolute atomic E-state index is 11.0. The van der Waals surface area contributed by atoms with Gasteiger partial charge >= 0.3 is 5.97 Å². The molecule has 1 aliphatic rings. The first-order valence-electron chi connectivity index (χ1n) is 9.00. The number of carbonyl (C=O) groups is 1. The SMILES string of the molecule is CN(CCOc1ccc(C2N[C@H](C(=O)O)CS2)cc1)c1nc2ccccc2o1. The van der Waals surface area contributed by atoms with Crippen LogP contribution in [0.4, 0.5) is 6.01 Å². The highest BCUT2D eigenvalue weighted by Crippen LogP contribution is 2.33. The molecule has 0 amide bonds. The molecular weight excluding hydrogens is 378 g/mol. The van der Waals surface area contributed by atoms with Crippen LogP contribution in [0.25, 0.3) is 11.1 Å². The minimum atomic E-state index is -0.807. The maximum Gasteiger partial charge on any atom is 0.321 e. The van der Waals surface area contributed by atoms with Gasteiger partial charge in [0.15, 0.2) is 5.58 Å². The van der Waals surface area contributed by atoms with Crippen LogP contribution in [0.2, 0.25) is 0 Å². The summed E-state index contributed by atoms with van der Waals surface area (Å²) in [6.07, 6.45) is 0. The molecule has 1 fully saturated rings. The topological polar surface area (TPSA) is 87.8 Å². The van der Waals surface area contributed by atoms with Gasteiger partial charge in [-0.05, 0) is 29.8 Å². The summed E-state index contributed by atoms with van der Waals surface area (Å²) in [6.45, 7) is 1.13. The zero-order valence-corrected chi connectivity index (χ0v) is 16.2. The Morgan fingerprint density at radius 3 is 2.82 bits per heavy atom. The second-order valence-electron chi connectivity index (χ2n) is 6.57. The van der Waals surface area contributed by atoms with Crippen molar-refractivity contribution in [3.05, 3.63) is 54.1 Å². The Hall–Kier alpha value is -2.71. The molecule has 146 valence electrons. The molecule has 7 nitrogen and oxygen atoms in total. The Balaban J connectivity index is 1.28. The maximum atomic E-state index is 11.0. The van der Waals surface area contributed by atoms with Crippen molar-refractivity contribution in [2.45, 2.75) is 11.4 Å². The summed E-state index contributed by atoms with van der Waals surface area (Å²) in [5.74, 6) is 0.533. The van der Waals surface area contributed by atoms with Crippen LogP contribution in [0.5, 0.6) is 5.75 Å². The first kappa shape index (κ1) is 18.6. The zero-order chi connectivity index (χ0) is 19.5. The minimum absolute atomic E-state index is 0.000410. The lowest BCUT2D eigenvalue weighted by molar-refractivity contribution is -0.138. The number of nitrogens with one attached hydrogen (secondary N) is 1. The molecule has 0 saturated carbocycles. The molecule has 2 aromatic carbocycles. The number of carboxylic acids is 1. The highest BCUT2D eigenvalue weighted by atomic mass is 32.2. The number of rotatable bonds is 7. The van der Waals surface area contributed by atoms with Crippen LogP contribution in [-0.4, -0.2) is 48.1 Å². The number of anilines is 1. The average molecular weight is 399 g/mol. The number of aliphatic carboxylic acids is 1. The van der Waals surface area contributed by atoms with Gasteiger partial charge in [-0.1, -0.05) is 24.3 Å². The number of carboxylic acid groups (broad SMARTS) is 1. The molecular formula is C20H21N3O4S. The summed E-state index contributed by atoms with van der Waals surface area (Å²) in [5, 5.41) is 12.2. The van der Waals surface area contributed by atoms with Gasteiger partial charge in [0.05, 0.1) is 11.9 Å². The number of hydrogen-bond acceptors (Lipinski definition) is 7. The Morgan fingerprint density at radius 1 is 1.32 bits per heavy atom. The van der Waals surface area contributed by atoms with Gasteiger partial charge in [-0.25, -0.2) is 0 Å². The number of thioether (sulfide) groups is 1. The van der Waals surface area contributed by atoms with Crippen molar-refractivity contribution in [1.29, 1.82) is 0 Å². The molecule has 2 heterocycles. The molecule has 1 saturated heterocycles. The first-order chi connectivity index (χ1) is 13.6. The molecule has 0 spiro atoms. The predicted molar refractivity (Wildman–Crippen MR) is 109 cm³/mol. The molecule has 2 atom stereocenters. The summed E-state index contributed by atoms with van der Waals surface area (Å²) >= 11 is 1.60. The van der Waals surface area contributed by atoms with Gasteiger partial charge in [0.2, 0.25) is 0 Å². The van der Waals surface area contributed by atoms with Crippen LogP contribution in [0.15, 0.2) is 52.9 Å². The third kappa shape index (κ3) is 4.07. The van der Waals surface area contributed by atoms with Crippen molar-refractivity contribution in [3.8, 4) is 5.75 Å². The molecule has 4 rings (SSSR count). The van der Waals surface area contributed by atoms with E-state index in [1.807, 2.05) is 60.5 Å². The number of nitrogens with zero attached hydrogens (tertiary/aromatic N) is 2. The third-order valence-electron chi connectivity index (χ3n) is 4.57. The molecule has 1 aromatic heterocycles. The molecule has 0 radical (unpaired) electrons. The Kier molecular flexibility index (Phi) is 5.40. The average Bonchev–Trinajstić information content (AvgIpc) is 3.36. The van der Waals surface area contributed by atoms with E-state index >= 15 is 0 Å². The highest BCUT2D eigenvalue weighted by molar-refractivity contribution is 7.99. The van der Waals surface area contributed by atoms with Crippen molar-refractivity contribution < 1.29 is 19.1 Å². The number of para-hydroxylation sites is 2. The molecule has 0 aliphatic carbocycles. The van der Waals surface area contributed by atoms with Gasteiger partial charge < -0.3 is 19.2 Å². The summed E-state index contributed by atoms with van der Waals surface area (Å²) in [6, 6.07) is 15.5. The van der Waals surface area contributed by atoms with E-state index < -0.39 is 12.0 Å². The van der Waals surface area contributed by atoms with E-state index in [1.165, 1.54) is 0 Å². The van der Waals surface area contributed by atoms with Gasteiger partial charge in [-0.3, -0.25) is 10.1 Å². The second-order valence-corrected chi connectivity index (χ2v) is 7.71. The number of aromatic nitrogens is 1. The molecule has 8 heteroatoms. The first-order valence-corrected chi connectivity index (χ1v) is 10.0. The van der Waals surface area contributed by atoms with E-state index in [2.05, 4.69) is 10.3 Å². The standard InChI is InChI=1S/C20H21N3O4S/c1-23(20-22-15-4-2-3-5-17(15)27-20)10-11-26-14-8-6-13(7-9-14)18-21-16(12-28-18)19(24)25/h2-9,16,18,21H,10-12H2,1H3,(H,24,25)/t16-,18?/m0/s1. The Bertz CT molecular complexity index is 926. The Morgan fingerprint density at radius 2 is 2.11 bits per heavy atom. The largest absolute Gasteiger partial charge is 0.492 e. The van der Waals surface area contributed by atoms with E-state index in [-0.39, 0.29) is 5.37 Å².